The fourth-order valence-corrected chi connectivity index (χ4v) is 3.83. The predicted octanol–water partition coefficient (Wildman–Crippen LogP) is 3.40. The van der Waals surface area contributed by atoms with Crippen molar-refractivity contribution in [2.75, 3.05) is 20.1 Å². The first kappa shape index (κ1) is 14.4. The Balaban J connectivity index is 1.77. The Hall–Kier alpha value is -0.520. The Labute approximate surface area is 126 Å². The van der Waals surface area contributed by atoms with Crippen molar-refractivity contribution in [1.82, 2.24) is 9.80 Å². The SMILES string of the molecule is CN1C2CCC1CN(Cc1c(F)ccc(Br)c1F)CC2. The van der Waals surface area contributed by atoms with Gasteiger partial charge in [0, 0.05) is 37.3 Å². The molecule has 0 spiro atoms. The van der Waals surface area contributed by atoms with Crippen LogP contribution in [0.4, 0.5) is 8.78 Å². The van der Waals surface area contributed by atoms with Crippen molar-refractivity contribution in [3.05, 3.63) is 33.8 Å². The number of likely N-dealkylation sites (tertiary alicyclic amines) is 1. The van der Waals surface area contributed by atoms with Crippen molar-refractivity contribution in [1.29, 1.82) is 0 Å². The number of likely N-dealkylation sites (N-methyl/N-ethyl adjacent to an activating group) is 1. The molecule has 2 saturated heterocycles. The van der Waals surface area contributed by atoms with E-state index in [1.54, 1.807) is 0 Å². The van der Waals surface area contributed by atoms with Crippen LogP contribution in [0.25, 0.3) is 0 Å². The third-order valence-electron chi connectivity index (χ3n) is 4.75. The maximum absolute atomic E-state index is 14.1. The average molecular weight is 345 g/mol. The number of benzene rings is 1. The molecule has 110 valence electrons. The lowest BCUT2D eigenvalue weighted by atomic mass is 10.1. The van der Waals surface area contributed by atoms with E-state index >= 15 is 0 Å². The van der Waals surface area contributed by atoms with E-state index in [0.29, 0.717) is 23.1 Å². The zero-order valence-electron chi connectivity index (χ0n) is 11.6. The van der Waals surface area contributed by atoms with Crippen LogP contribution in [-0.4, -0.2) is 42.0 Å². The van der Waals surface area contributed by atoms with Crippen molar-refractivity contribution >= 4 is 15.9 Å². The van der Waals surface area contributed by atoms with E-state index < -0.39 is 11.6 Å². The van der Waals surface area contributed by atoms with E-state index in [4.69, 9.17) is 0 Å². The summed E-state index contributed by atoms with van der Waals surface area (Å²) >= 11 is 3.13. The fraction of sp³-hybridized carbons (Fsp3) is 0.600. The molecule has 0 aromatic heterocycles. The van der Waals surface area contributed by atoms with Crippen molar-refractivity contribution in [2.45, 2.75) is 37.9 Å². The van der Waals surface area contributed by atoms with Gasteiger partial charge in [-0.25, -0.2) is 8.78 Å². The van der Waals surface area contributed by atoms with E-state index in [1.165, 1.54) is 25.0 Å². The number of nitrogens with zero attached hydrogens (tertiary/aromatic N) is 2. The van der Waals surface area contributed by atoms with Gasteiger partial charge in [0.05, 0.1) is 4.47 Å². The van der Waals surface area contributed by atoms with Gasteiger partial charge in [0.15, 0.2) is 0 Å². The molecule has 2 heterocycles. The molecular formula is C15H19BrF2N2. The van der Waals surface area contributed by atoms with Crippen molar-refractivity contribution < 1.29 is 8.78 Å². The van der Waals surface area contributed by atoms with Gasteiger partial charge in [-0.1, -0.05) is 0 Å². The quantitative estimate of drug-likeness (QED) is 0.758. The molecule has 0 N–H and O–H groups in total. The van der Waals surface area contributed by atoms with Gasteiger partial charge in [0.1, 0.15) is 11.6 Å². The lowest BCUT2D eigenvalue weighted by molar-refractivity contribution is 0.211. The first-order valence-electron chi connectivity index (χ1n) is 7.13. The van der Waals surface area contributed by atoms with Gasteiger partial charge >= 0.3 is 0 Å². The van der Waals surface area contributed by atoms with E-state index in [2.05, 4.69) is 32.8 Å². The highest BCUT2D eigenvalue weighted by Gasteiger charge is 2.34. The summed E-state index contributed by atoms with van der Waals surface area (Å²) in [5, 5.41) is 0. The molecule has 0 saturated carbocycles. The van der Waals surface area contributed by atoms with E-state index in [-0.39, 0.29) is 5.56 Å². The molecule has 3 rings (SSSR count). The molecule has 2 bridgehead atoms. The molecule has 20 heavy (non-hydrogen) atoms. The van der Waals surface area contributed by atoms with Gasteiger partial charge in [-0.3, -0.25) is 9.80 Å². The maximum Gasteiger partial charge on any atom is 0.144 e. The lowest BCUT2D eigenvalue weighted by Gasteiger charge is -2.26. The van der Waals surface area contributed by atoms with E-state index in [9.17, 15) is 8.78 Å². The van der Waals surface area contributed by atoms with E-state index in [1.807, 2.05) is 0 Å². The van der Waals surface area contributed by atoms with Crippen LogP contribution in [-0.2, 0) is 6.54 Å². The highest BCUT2D eigenvalue weighted by molar-refractivity contribution is 9.10. The molecule has 2 nitrogen and oxygen atoms in total. The highest BCUT2D eigenvalue weighted by atomic mass is 79.9. The summed E-state index contributed by atoms with van der Waals surface area (Å²) in [6.45, 7) is 2.17. The van der Waals surface area contributed by atoms with Crippen LogP contribution in [0.3, 0.4) is 0 Å². The molecule has 1 aromatic rings. The molecule has 1 aromatic carbocycles. The summed E-state index contributed by atoms with van der Waals surface area (Å²) < 4.78 is 28.2. The molecule has 2 aliphatic heterocycles. The summed E-state index contributed by atoms with van der Waals surface area (Å²) in [5.74, 6) is -0.916. The second-order valence-corrected chi connectivity index (χ2v) is 6.75. The second-order valence-electron chi connectivity index (χ2n) is 5.90. The zero-order valence-corrected chi connectivity index (χ0v) is 13.2. The average Bonchev–Trinajstić information content (AvgIpc) is 2.66. The summed E-state index contributed by atoms with van der Waals surface area (Å²) in [6, 6.07) is 3.92. The van der Waals surface area contributed by atoms with E-state index in [0.717, 1.165) is 19.5 Å². The van der Waals surface area contributed by atoms with Crippen LogP contribution in [0.15, 0.2) is 16.6 Å². The standard InChI is InChI=1S/C15H19BrF2N2/c1-19-10-2-3-11(19)8-20(7-6-10)9-12-14(17)5-4-13(16)15(12)18/h4-5,10-11H,2-3,6-9H2,1H3. The Morgan fingerprint density at radius 3 is 2.75 bits per heavy atom. The number of fused-ring (bicyclic) bond motifs is 2. The third-order valence-corrected chi connectivity index (χ3v) is 5.37. The Morgan fingerprint density at radius 2 is 1.95 bits per heavy atom. The molecule has 2 fully saturated rings. The molecular weight excluding hydrogens is 326 g/mol. The fourth-order valence-electron chi connectivity index (χ4n) is 3.46. The summed E-state index contributed by atoms with van der Waals surface area (Å²) in [5.41, 5.74) is 0.180. The van der Waals surface area contributed by atoms with Gasteiger partial charge in [0.25, 0.3) is 0 Å². The number of rotatable bonds is 2. The first-order chi connectivity index (χ1) is 9.56. The highest BCUT2D eigenvalue weighted by Crippen LogP contribution is 2.30. The van der Waals surface area contributed by atoms with Gasteiger partial charge < -0.3 is 0 Å². The zero-order chi connectivity index (χ0) is 14.3. The van der Waals surface area contributed by atoms with Crippen LogP contribution in [0.1, 0.15) is 24.8 Å². The normalized spacial score (nSPS) is 27.8. The van der Waals surface area contributed by atoms with Gasteiger partial charge in [0.2, 0.25) is 0 Å². The Morgan fingerprint density at radius 1 is 1.20 bits per heavy atom. The molecule has 0 radical (unpaired) electrons. The van der Waals surface area contributed by atoms with Gasteiger partial charge in [-0.05, 0) is 54.4 Å². The minimum atomic E-state index is -0.465. The lowest BCUT2D eigenvalue weighted by Crippen LogP contribution is -2.36. The molecule has 0 aliphatic carbocycles. The number of hydrogen-bond donors (Lipinski definition) is 0. The smallest absolute Gasteiger partial charge is 0.144 e. The van der Waals surface area contributed by atoms with Gasteiger partial charge in [-0.15, -0.1) is 0 Å². The summed E-state index contributed by atoms with van der Waals surface area (Å²) in [6.07, 6.45) is 3.54. The minimum absolute atomic E-state index is 0.180. The number of hydrogen-bond acceptors (Lipinski definition) is 2. The molecule has 2 atom stereocenters. The second kappa shape index (κ2) is 5.70. The van der Waals surface area contributed by atoms with Gasteiger partial charge in [-0.2, -0.15) is 0 Å². The van der Waals surface area contributed by atoms with Crippen molar-refractivity contribution in [2.24, 2.45) is 0 Å². The van der Waals surface area contributed by atoms with Crippen LogP contribution in [0.2, 0.25) is 0 Å². The third kappa shape index (κ3) is 2.63. The minimum Gasteiger partial charge on any atom is -0.299 e. The van der Waals surface area contributed by atoms with Crippen LogP contribution in [0.5, 0.6) is 0 Å². The van der Waals surface area contributed by atoms with Crippen LogP contribution < -0.4 is 0 Å². The molecule has 2 aliphatic rings. The number of halogens is 3. The Bertz CT molecular complexity index is 509. The maximum atomic E-state index is 14.1. The summed E-state index contributed by atoms with van der Waals surface area (Å²) in [7, 11) is 2.17. The Kier molecular flexibility index (Phi) is 4.11. The van der Waals surface area contributed by atoms with Crippen LogP contribution in [0, 0.1) is 11.6 Å². The largest absolute Gasteiger partial charge is 0.299 e. The predicted molar refractivity (Wildman–Crippen MR) is 78.5 cm³/mol. The topological polar surface area (TPSA) is 6.48 Å². The summed E-state index contributed by atoms with van der Waals surface area (Å²) in [4.78, 5) is 4.63. The monoisotopic (exact) mass is 344 g/mol. The molecule has 0 amide bonds. The molecule has 2 unspecified atom stereocenters. The first-order valence-corrected chi connectivity index (χ1v) is 7.92. The van der Waals surface area contributed by atoms with Crippen molar-refractivity contribution in [3.8, 4) is 0 Å². The van der Waals surface area contributed by atoms with Crippen molar-refractivity contribution in [3.63, 3.8) is 0 Å². The van der Waals surface area contributed by atoms with Crippen LogP contribution >= 0.6 is 15.9 Å². The molecule has 5 heteroatoms.